The third-order valence-corrected chi connectivity index (χ3v) is 4.39. The highest BCUT2D eigenvalue weighted by Crippen LogP contribution is 2.30. The molecule has 1 unspecified atom stereocenters. The summed E-state index contributed by atoms with van der Waals surface area (Å²) in [5, 5.41) is 2.93. The molecule has 6 heteroatoms. The number of hydrogen-bond donors (Lipinski definition) is 1. The SMILES string of the molecule is CCOC(=O)[C@@H]1CC[C@H](NC(=O)C2Cc3cc(F)ccc3O2)C1. The van der Waals surface area contributed by atoms with Crippen molar-refractivity contribution in [3.63, 3.8) is 0 Å². The number of nitrogens with one attached hydrogen (secondary N) is 1. The van der Waals surface area contributed by atoms with Gasteiger partial charge in [0.15, 0.2) is 6.10 Å². The van der Waals surface area contributed by atoms with Crippen LogP contribution in [-0.2, 0) is 20.7 Å². The highest BCUT2D eigenvalue weighted by Gasteiger charge is 2.35. The molecule has 1 fully saturated rings. The van der Waals surface area contributed by atoms with Crippen molar-refractivity contribution in [2.45, 2.75) is 44.8 Å². The Bertz CT molecular complexity index is 619. The summed E-state index contributed by atoms with van der Waals surface area (Å²) in [4.78, 5) is 24.0. The van der Waals surface area contributed by atoms with Gasteiger partial charge in [-0.1, -0.05) is 0 Å². The van der Waals surface area contributed by atoms with E-state index in [2.05, 4.69) is 5.32 Å². The molecule has 0 spiro atoms. The zero-order valence-corrected chi connectivity index (χ0v) is 13.0. The predicted octanol–water partition coefficient (Wildman–Crippen LogP) is 1.98. The summed E-state index contributed by atoms with van der Waals surface area (Å²) in [6.07, 6.45) is 1.81. The van der Waals surface area contributed by atoms with Crippen LogP contribution in [0.3, 0.4) is 0 Å². The second-order valence-electron chi connectivity index (χ2n) is 6.03. The van der Waals surface area contributed by atoms with Gasteiger partial charge in [0.25, 0.3) is 5.91 Å². The average Bonchev–Trinajstić information content (AvgIpc) is 3.13. The van der Waals surface area contributed by atoms with E-state index < -0.39 is 6.10 Å². The topological polar surface area (TPSA) is 64.6 Å². The zero-order chi connectivity index (χ0) is 16.4. The highest BCUT2D eigenvalue weighted by atomic mass is 19.1. The van der Waals surface area contributed by atoms with Crippen LogP contribution in [0.25, 0.3) is 0 Å². The first kappa shape index (κ1) is 15.8. The summed E-state index contributed by atoms with van der Waals surface area (Å²) in [6.45, 7) is 2.15. The van der Waals surface area contributed by atoms with Crippen LogP contribution >= 0.6 is 0 Å². The summed E-state index contributed by atoms with van der Waals surface area (Å²) in [5.74, 6) is -0.319. The van der Waals surface area contributed by atoms with Crippen LogP contribution in [0.1, 0.15) is 31.7 Å². The summed E-state index contributed by atoms with van der Waals surface area (Å²) >= 11 is 0. The van der Waals surface area contributed by atoms with Gasteiger partial charge in [0, 0.05) is 18.0 Å². The first-order chi connectivity index (χ1) is 11.1. The van der Waals surface area contributed by atoms with Crippen molar-refractivity contribution in [1.82, 2.24) is 5.32 Å². The Hall–Kier alpha value is -2.11. The lowest BCUT2D eigenvalue weighted by Crippen LogP contribution is -2.42. The van der Waals surface area contributed by atoms with Crippen molar-refractivity contribution < 1.29 is 23.5 Å². The molecule has 1 aliphatic carbocycles. The summed E-state index contributed by atoms with van der Waals surface area (Å²) in [6, 6.07) is 4.22. The molecule has 1 amide bonds. The molecular weight excluding hydrogens is 301 g/mol. The maximum Gasteiger partial charge on any atom is 0.308 e. The normalized spacial score (nSPS) is 25.6. The molecule has 124 valence electrons. The molecule has 3 rings (SSSR count). The molecule has 1 aliphatic heterocycles. The number of ether oxygens (including phenoxy) is 2. The molecule has 5 nitrogen and oxygen atoms in total. The molecule has 1 saturated carbocycles. The second kappa shape index (κ2) is 6.56. The Morgan fingerprint density at radius 3 is 3.00 bits per heavy atom. The Kier molecular flexibility index (Phi) is 4.50. The van der Waals surface area contributed by atoms with E-state index in [1.165, 1.54) is 12.1 Å². The van der Waals surface area contributed by atoms with Gasteiger partial charge in [-0.3, -0.25) is 9.59 Å². The third kappa shape index (κ3) is 3.46. The third-order valence-electron chi connectivity index (χ3n) is 4.39. The van der Waals surface area contributed by atoms with Gasteiger partial charge in [0.05, 0.1) is 12.5 Å². The Morgan fingerprint density at radius 1 is 1.39 bits per heavy atom. The van der Waals surface area contributed by atoms with E-state index in [0.717, 1.165) is 12.8 Å². The fourth-order valence-electron chi connectivity index (χ4n) is 3.24. The van der Waals surface area contributed by atoms with E-state index in [-0.39, 0.29) is 29.7 Å². The Labute approximate surface area is 134 Å². The van der Waals surface area contributed by atoms with Crippen LogP contribution in [-0.4, -0.2) is 30.6 Å². The number of benzene rings is 1. The van der Waals surface area contributed by atoms with E-state index in [9.17, 15) is 14.0 Å². The molecular formula is C17H20FNO4. The molecule has 0 radical (unpaired) electrons. The number of rotatable bonds is 4. The molecule has 1 N–H and O–H groups in total. The molecule has 2 aliphatic rings. The minimum Gasteiger partial charge on any atom is -0.480 e. The van der Waals surface area contributed by atoms with Gasteiger partial charge < -0.3 is 14.8 Å². The number of fused-ring (bicyclic) bond motifs is 1. The minimum absolute atomic E-state index is 0.0408. The standard InChI is InChI=1S/C17H20FNO4/c1-2-22-17(21)10-3-5-13(8-10)19-16(20)15-9-11-7-12(18)4-6-14(11)23-15/h4,6-7,10,13,15H,2-3,5,8-9H2,1H3,(H,19,20)/t10-,13+,15?/m1/s1. The lowest BCUT2D eigenvalue weighted by atomic mass is 10.1. The fraction of sp³-hybridized carbons (Fsp3) is 0.529. The van der Waals surface area contributed by atoms with E-state index >= 15 is 0 Å². The number of esters is 1. The lowest BCUT2D eigenvalue weighted by molar-refractivity contribution is -0.147. The fourth-order valence-corrected chi connectivity index (χ4v) is 3.24. The van der Waals surface area contributed by atoms with E-state index in [1.807, 2.05) is 0 Å². The van der Waals surface area contributed by atoms with Gasteiger partial charge in [-0.25, -0.2) is 4.39 Å². The molecule has 0 aromatic heterocycles. The van der Waals surface area contributed by atoms with Gasteiger partial charge in [-0.15, -0.1) is 0 Å². The molecule has 0 saturated heterocycles. The maximum absolute atomic E-state index is 13.2. The van der Waals surface area contributed by atoms with Crippen molar-refractivity contribution in [1.29, 1.82) is 0 Å². The molecule has 23 heavy (non-hydrogen) atoms. The van der Waals surface area contributed by atoms with Crippen LogP contribution in [0.15, 0.2) is 18.2 Å². The smallest absolute Gasteiger partial charge is 0.308 e. The van der Waals surface area contributed by atoms with Gasteiger partial charge >= 0.3 is 5.97 Å². The van der Waals surface area contributed by atoms with Crippen LogP contribution in [0, 0.1) is 11.7 Å². The minimum atomic E-state index is -0.631. The zero-order valence-electron chi connectivity index (χ0n) is 13.0. The highest BCUT2D eigenvalue weighted by molar-refractivity contribution is 5.83. The lowest BCUT2D eigenvalue weighted by Gasteiger charge is -2.16. The molecule has 0 bridgehead atoms. The number of amides is 1. The molecule has 1 aromatic rings. The second-order valence-corrected chi connectivity index (χ2v) is 6.03. The predicted molar refractivity (Wildman–Crippen MR) is 80.4 cm³/mol. The van der Waals surface area contributed by atoms with Crippen LogP contribution in [0.2, 0.25) is 0 Å². The molecule has 1 heterocycles. The summed E-state index contributed by atoms with van der Waals surface area (Å²) in [5.41, 5.74) is 0.709. The van der Waals surface area contributed by atoms with Crippen LogP contribution in [0.4, 0.5) is 4.39 Å². The number of carbonyl (C=O) groups is 2. The van der Waals surface area contributed by atoms with Gasteiger partial charge in [-0.05, 0) is 44.4 Å². The van der Waals surface area contributed by atoms with Crippen LogP contribution < -0.4 is 10.1 Å². The van der Waals surface area contributed by atoms with Gasteiger partial charge in [0.1, 0.15) is 11.6 Å². The van der Waals surface area contributed by atoms with Crippen molar-refractivity contribution in [2.75, 3.05) is 6.61 Å². The van der Waals surface area contributed by atoms with Gasteiger partial charge in [-0.2, -0.15) is 0 Å². The number of halogens is 1. The first-order valence-electron chi connectivity index (χ1n) is 7.99. The number of carbonyl (C=O) groups excluding carboxylic acids is 2. The quantitative estimate of drug-likeness (QED) is 0.861. The summed E-state index contributed by atoms with van der Waals surface area (Å²) in [7, 11) is 0. The van der Waals surface area contributed by atoms with E-state index in [0.29, 0.717) is 30.8 Å². The van der Waals surface area contributed by atoms with Crippen molar-refractivity contribution in [2.24, 2.45) is 5.92 Å². The molecule has 1 aromatic carbocycles. The van der Waals surface area contributed by atoms with Crippen molar-refractivity contribution in [3.8, 4) is 5.75 Å². The Morgan fingerprint density at radius 2 is 2.22 bits per heavy atom. The largest absolute Gasteiger partial charge is 0.480 e. The average molecular weight is 321 g/mol. The Balaban J connectivity index is 1.52. The van der Waals surface area contributed by atoms with Gasteiger partial charge in [0.2, 0.25) is 0 Å². The number of hydrogen-bond acceptors (Lipinski definition) is 4. The summed E-state index contributed by atoms with van der Waals surface area (Å²) < 4.78 is 23.8. The van der Waals surface area contributed by atoms with E-state index in [1.54, 1.807) is 13.0 Å². The van der Waals surface area contributed by atoms with Crippen molar-refractivity contribution in [3.05, 3.63) is 29.6 Å². The van der Waals surface area contributed by atoms with Crippen molar-refractivity contribution >= 4 is 11.9 Å². The maximum atomic E-state index is 13.2. The molecule has 3 atom stereocenters. The first-order valence-corrected chi connectivity index (χ1v) is 7.99. The van der Waals surface area contributed by atoms with E-state index in [4.69, 9.17) is 9.47 Å². The van der Waals surface area contributed by atoms with Crippen LogP contribution in [0.5, 0.6) is 5.75 Å². The monoisotopic (exact) mass is 321 g/mol.